The summed E-state index contributed by atoms with van der Waals surface area (Å²) in [5.41, 5.74) is 1.27. The predicted octanol–water partition coefficient (Wildman–Crippen LogP) is 5.74. The zero-order valence-electron chi connectivity index (χ0n) is 18.2. The predicted molar refractivity (Wildman–Crippen MR) is 119 cm³/mol. The van der Waals surface area contributed by atoms with E-state index < -0.39 is 8.07 Å². The first kappa shape index (κ1) is 20.9. The Morgan fingerprint density at radius 3 is 2.11 bits per heavy atom. The van der Waals surface area contributed by atoms with Gasteiger partial charge < -0.3 is 9.31 Å². The lowest BCUT2D eigenvalue weighted by molar-refractivity contribution is 0.00578. The van der Waals surface area contributed by atoms with Gasteiger partial charge in [0.2, 0.25) is 0 Å². The molecule has 0 bridgehead atoms. The van der Waals surface area contributed by atoms with Crippen LogP contribution in [0.5, 0.6) is 0 Å². The minimum absolute atomic E-state index is 0.277. The molecule has 0 aromatic heterocycles. The van der Waals surface area contributed by atoms with Gasteiger partial charge in [0, 0.05) is 0 Å². The fraction of sp³-hybridized carbons (Fsp3) is 0.652. The van der Waals surface area contributed by atoms with Crippen LogP contribution < -0.4 is 5.19 Å². The fourth-order valence-corrected chi connectivity index (χ4v) is 8.66. The Bertz CT molecular complexity index is 652. The number of hydrogen-bond donors (Lipinski definition) is 0. The Morgan fingerprint density at radius 2 is 1.52 bits per heavy atom. The van der Waals surface area contributed by atoms with Gasteiger partial charge in [-0.3, -0.25) is 0 Å². The van der Waals surface area contributed by atoms with E-state index in [4.69, 9.17) is 9.31 Å². The van der Waals surface area contributed by atoms with Crippen LogP contribution in [0, 0.1) is 5.92 Å². The van der Waals surface area contributed by atoms with Gasteiger partial charge >= 0.3 is 7.12 Å². The summed E-state index contributed by atoms with van der Waals surface area (Å²) in [4.78, 5) is 0. The van der Waals surface area contributed by atoms with E-state index in [0.717, 1.165) is 0 Å². The molecule has 2 fully saturated rings. The van der Waals surface area contributed by atoms with E-state index in [0.29, 0.717) is 11.5 Å². The molecule has 0 spiro atoms. The summed E-state index contributed by atoms with van der Waals surface area (Å²) in [7, 11) is -1.91. The molecule has 4 heteroatoms. The van der Waals surface area contributed by atoms with Crippen molar-refractivity contribution in [3.05, 3.63) is 42.4 Å². The normalized spacial score (nSPS) is 28.0. The summed E-state index contributed by atoms with van der Waals surface area (Å²) >= 11 is 0. The fourth-order valence-electron chi connectivity index (χ4n) is 4.87. The molecule has 2 aliphatic rings. The van der Waals surface area contributed by atoms with Crippen molar-refractivity contribution in [2.24, 2.45) is 5.92 Å². The minimum Gasteiger partial charge on any atom is -0.400 e. The maximum atomic E-state index is 6.38. The summed E-state index contributed by atoms with van der Waals surface area (Å²) in [5.74, 6) is 0.490. The molecule has 1 aromatic carbocycles. The molecule has 3 rings (SSSR count). The summed E-state index contributed by atoms with van der Waals surface area (Å²) < 4.78 is 12.8. The third-order valence-corrected chi connectivity index (χ3v) is 11.9. The van der Waals surface area contributed by atoms with Crippen molar-refractivity contribution < 1.29 is 9.31 Å². The van der Waals surface area contributed by atoms with E-state index in [1.54, 1.807) is 5.19 Å². The number of benzene rings is 1. The van der Waals surface area contributed by atoms with Crippen molar-refractivity contribution in [2.45, 2.75) is 89.6 Å². The van der Waals surface area contributed by atoms with Crippen molar-refractivity contribution in [3.63, 3.8) is 0 Å². The highest BCUT2D eigenvalue weighted by atomic mass is 28.3. The number of hydrogen-bond acceptors (Lipinski definition) is 2. The highest BCUT2D eigenvalue weighted by Gasteiger charge is 2.54. The zero-order chi connectivity index (χ0) is 19.9. The standard InChI is InChI=1S/C23H37BO2Si/c1-18(24-25-22(2,3)23(4,5)26-24)20-16-12-9-13-17-21(20)27(6,7)19-14-10-8-11-15-19/h8,10-11,14-15,20-21H,1,9,12-13,16-17H2,2-7H3/t20-,21-/m0/s1. The smallest absolute Gasteiger partial charge is 0.400 e. The second-order valence-corrected chi connectivity index (χ2v) is 14.9. The Balaban J connectivity index is 1.88. The van der Waals surface area contributed by atoms with Crippen LogP contribution in [-0.4, -0.2) is 26.4 Å². The molecule has 1 aliphatic carbocycles. The molecule has 2 nitrogen and oxygen atoms in total. The second kappa shape index (κ2) is 7.53. The molecule has 1 aliphatic heterocycles. The van der Waals surface area contributed by atoms with Gasteiger partial charge in [0.05, 0.1) is 19.3 Å². The third-order valence-electron chi connectivity index (χ3n) is 7.49. The van der Waals surface area contributed by atoms with Gasteiger partial charge in [-0.1, -0.05) is 74.3 Å². The summed E-state index contributed by atoms with van der Waals surface area (Å²) in [6, 6.07) is 11.2. The Kier molecular flexibility index (Phi) is 5.83. The first-order valence-corrected chi connectivity index (χ1v) is 13.7. The van der Waals surface area contributed by atoms with Crippen LogP contribution in [0.1, 0.15) is 59.8 Å². The van der Waals surface area contributed by atoms with Crippen LogP contribution in [0.3, 0.4) is 0 Å². The number of rotatable bonds is 4. The molecule has 1 saturated carbocycles. The van der Waals surface area contributed by atoms with Gasteiger partial charge in [0.15, 0.2) is 0 Å². The monoisotopic (exact) mass is 384 g/mol. The van der Waals surface area contributed by atoms with Crippen molar-refractivity contribution >= 4 is 20.4 Å². The molecule has 27 heavy (non-hydrogen) atoms. The van der Waals surface area contributed by atoms with Crippen molar-refractivity contribution in [3.8, 4) is 0 Å². The average molecular weight is 384 g/mol. The van der Waals surface area contributed by atoms with E-state index in [2.05, 4.69) is 77.7 Å². The SMILES string of the molecule is C=C(B1OC(C)(C)C(C)(C)O1)[C@@H]1CCCCC[C@@H]1[Si](C)(C)c1ccccc1. The van der Waals surface area contributed by atoms with Crippen LogP contribution in [-0.2, 0) is 9.31 Å². The summed E-state index contributed by atoms with van der Waals surface area (Å²) in [5, 5.41) is 1.56. The zero-order valence-corrected chi connectivity index (χ0v) is 19.2. The van der Waals surface area contributed by atoms with E-state index in [-0.39, 0.29) is 18.3 Å². The first-order valence-electron chi connectivity index (χ1n) is 10.7. The van der Waals surface area contributed by atoms with Crippen LogP contribution in [0.25, 0.3) is 0 Å². The van der Waals surface area contributed by atoms with E-state index in [1.807, 2.05) is 0 Å². The maximum Gasteiger partial charge on any atom is 0.490 e. The molecule has 2 atom stereocenters. The summed E-state index contributed by atoms with van der Waals surface area (Å²) in [6.45, 7) is 18.2. The molecule has 0 amide bonds. The quantitative estimate of drug-likeness (QED) is 0.487. The van der Waals surface area contributed by atoms with Crippen molar-refractivity contribution in [1.82, 2.24) is 0 Å². The second-order valence-electron chi connectivity index (χ2n) is 10.1. The highest BCUT2D eigenvalue weighted by Crippen LogP contribution is 2.47. The Labute approximate surface area is 167 Å². The molecule has 0 radical (unpaired) electrons. The lowest BCUT2D eigenvalue weighted by Crippen LogP contribution is -2.49. The van der Waals surface area contributed by atoms with Crippen LogP contribution in [0.15, 0.2) is 42.4 Å². The highest BCUT2D eigenvalue weighted by molar-refractivity contribution is 6.91. The van der Waals surface area contributed by atoms with Crippen molar-refractivity contribution in [1.29, 1.82) is 0 Å². The van der Waals surface area contributed by atoms with E-state index in [9.17, 15) is 0 Å². The Hall–Kier alpha value is -0.838. The van der Waals surface area contributed by atoms with E-state index >= 15 is 0 Å². The Morgan fingerprint density at radius 1 is 0.963 bits per heavy atom. The lowest BCUT2D eigenvalue weighted by atomic mass is 9.69. The largest absolute Gasteiger partial charge is 0.490 e. The van der Waals surface area contributed by atoms with Gasteiger partial charge in [-0.2, -0.15) is 0 Å². The first-order chi connectivity index (χ1) is 12.6. The lowest BCUT2D eigenvalue weighted by Gasteiger charge is -2.39. The molecule has 0 unspecified atom stereocenters. The van der Waals surface area contributed by atoms with Gasteiger partial charge in [0.25, 0.3) is 0 Å². The topological polar surface area (TPSA) is 18.5 Å². The molecular weight excluding hydrogens is 347 g/mol. The van der Waals surface area contributed by atoms with Gasteiger partial charge in [-0.25, -0.2) is 0 Å². The average Bonchev–Trinajstić information content (AvgIpc) is 2.78. The van der Waals surface area contributed by atoms with Gasteiger partial charge in [-0.05, 0) is 51.0 Å². The van der Waals surface area contributed by atoms with Crippen LogP contribution in [0.4, 0.5) is 0 Å². The minimum atomic E-state index is -1.63. The molecule has 1 saturated heterocycles. The maximum absolute atomic E-state index is 6.38. The molecule has 148 valence electrons. The molecule has 1 heterocycles. The van der Waals surface area contributed by atoms with Gasteiger partial charge in [0.1, 0.15) is 0 Å². The molecular formula is C23H37BO2Si. The number of allylic oxidation sites excluding steroid dienone is 1. The van der Waals surface area contributed by atoms with Crippen LogP contribution >= 0.6 is 0 Å². The van der Waals surface area contributed by atoms with Gasteiger partial charge in [-0.15, -0.1) is 6.58 Å². The van der Waals surface area contributed by atoms with E-state index in [1.165, 1.54) is 37.6 Å². The van der Waals surface area contributed by atoms with Crippen LogP contribution in [0.2, 0.25) is 18.6 Å². The molecule has 0 N–H and O–H groups in total. The third kappa shape index (κ3) is 3.99. The molecule has 1 aromatic rings. The van der Waals surface area contributed by atoms with Crippen molar-refractivity contribution in [2.75, 3.05) is 0 Å². The summed E-state index contributed by atoms with van der Waals surface area (Å²) in [6.07, 6.45) is 6.48.